The second kappa shape index (κ2) is 4.82. The Morgan fingerprint density at radius 3 is 2.56 bits per heavy atom. The molecule has 0 radical (unpaired) electrons. The van der Waals surface area contributed by atoms with E-state index in [1.54, 1.807) is 0 Å². The van der Waals surface area contributed by atoms with Gasteiger partial charge in [-0.2, -0.15) is 0 Å². The number of hydrogen-bond donors (Lipinski definition) is 2. The molecule has 18 heavy (non-hydrogen) atoms. The molecule has 3 aliphatic rings. The normalized spacial score (nSPS) is 37.9. The van der Waals surface area contributed by atoms with E-state index < -0.39 is 5.54 Å². The molecule has 3 N–H and O–H groups in total. The summed E-state index contributed by atoms with van der Waals surface area (Å²) in [6.07, 6.45) is 9.55. The van der Waals surface area contributed by atoms with Gasteiger partial charge in [0.15, 0.2) is 0 Å². The molecule has 0 aromatic rings. The molecule has 1 amide bonds. The molecule has 0 bridgehead atoms. The van der Waals surface area contributed by atoms with Crippen LogP contribution in [0.3, 0.4) is 0 Å². The summed E-state index contributed by atoms with van der Waals surface area (Å²) in [6.45, 7) is 2.18. The SMILES string of the molecule is NC(=O)C1(NC2CCCC2)CCN2CCCCC21. The van der Waals surface area contributed by atoms with Crippen LogP contribution in [0.5, 0.6) is 0 Å². The highest BCUT2D eigenvalue weighted by atomic mass is 16.1. The van der Waals surface area contributed by atoms with Crippen molar-refractivity contribution >= 4 is 5.91 Å². The zero-order valence-corrected chi connectivity index (χ0v) is 11.2. The predicted molar refractivity (Wildman–Crippen MR) is 71.1 cm³/mol. The molecule has 102 valence electrons. The molecule has 2 saturated heterocycles. The van der Waals surface area contributed by atoms with Crippen molar-refractivity contribution in [2.45, 2.75) is 69.0 Å². The number of rotatable bonds is 3. The van der Waals surface area contributed by atoms with Crippen LogP contribution in [0.25, 0.3) is 0 Å². The van der Waals surface area contributed by atoms with Crippen LogP contribution >= 0.6 is 0 Å². The second-order valence-electron chi connectivity index (χ2n) is 6.26. The molecule has 0 aromatic carbocycles. The van der Waals surface area contributed by atoms with E-state index in [2.05, 4.69) is 10.2 Å². The van der Waals surface area contributed by atoms with E-state index in [1.807, 2.05) is 0 Å². The fourth-order valence-electron chi connectivity index (χ4n) is 4.26. The van der Waals surface area contributed by atoms with Crippen molar-refractivity contribution in [3.05, 3.63) is 0 Å². The quantitative estimate of drug-likeness (QED) is 0.787. The topological polar surface area (TPSA) is 58.4 Å². The monoisotopic (exact) mass is 251 g/mol. The lowest BCUT2D eigenvalue weighted by Crippen LogP contribution is -2.65. The van der Waals surface area contributed by atoms with Crippen LogP contribution in [-0.2, 0) is 4.79 Å². The number of primary amides is 1. The maximum Gasteiger partial charge on any atom is 0.239 e. The van der Waals surface area contributed by atoms with Crippen LogP contribution in [0.4, 0.5) is 0 Å². The van der Waals surface area contributed by atoms with Crippen molar-refractivity contribution in [1.29, 1.82) is 0 Å². The summed E-state index contributed by atoms with van der Waals surface area (Å²) in [5.41, 5.74) is 5.35. The number of carbonyl (C=O) groups excluding carboxylic acids is 1. The Morgan fingerprint density at radius 1 is 1.11 bits per heavy atom. The van der Waals surface area contributed by atoms with E-state index >= 15 is 0 Å². The molecule has 0 aromatic heterocycles. The van der Waals surface area contributed by atoms with Gasteiger partial charge in [-0.3, -0.25) is 15.0 Å². The third-order valence-electron chi connectivity index (χ3n) is 5.23. The summed E-state index contributed by atoms with van der Waals surface area (Å²) >= 11 is 0. The molecule has 2 unspecified atom stereocenters. The van der Waals surface area contributed by atoms with Crippen LogP contribution in [0.15, 0.2) is 0 Å². The highest BCUT2D eigenvalue weighted by Crippen LogP contribution is 2.36. The Bertz CT molecular complexity index is 327. The average molecular weight is 251 g/mol. The molecule has 1 saturated carbocycles. The molecule has 2 atom stereocenters. The minimum atomic E-state index is -0.435. The van der Waals surface area contributed by atoms with E-state index in [1.165, 1.54) is 38.5 Å². The van der Waals surface area contributed by atoms with Gasteiger partial charge in [-0.25, -0.2) is 0 Å². The molecular formula is C14H25N3O. The molecule has 2 heterocycles. The van der Waals surface area contributed by atoms with E-state index in [9.17, 15) is 4.79 Å². The van der Waals surface area contributed by atoms with Gasteiger partial charge in [-0.1, -0.05) is 19.3 Å². The lowest BCUT2D eigenvalue weighted by Gasteiger charge is -2.40. The van der Waals surface area contributed by atoms with Crippen LogP contribution < -0.4 is 11.1 Å². The number of amides is 1. The Morgan fingerprint density at radius 2 is 1.83 bits per heavy atom. The summed E-state index contributed by atoms with van der Waals surface area (Å²) < 4.78 is 0. The molecule has 0 spiro atoms. The Kier molecular flexibility index (Phi) is 3.32. The largest absolute Gasteiger partial charge is 0.368 e. The molecular weight excluding hydrogens is 226 g/mol. The van der Waals surface area contributed by atoms with Gasteiger partial charge >= 0.3 is 0 Å². The van der Waals surface area contributed by atoms with Gasteiger partial charge in [0.2, 0.25) is 5.91 Å². The van der Waals surface area contributed by atoms with Crippen molar-refractivity contribution in [2.24, 2.45) is 5.73 Å². The van der Waals surface area contributed by atoms with Crippen molar-refractivity contribution in [3.63, 3.8) is 0 Å². The smallest absolute Gasteiger partial charge is 0.239 e. The first-order chi connectivity index (χ1) is 8.72. The molecule has 1 aliphatic carbocycles. The summed E-state index contributed by atoms with van der Waals surface area (Å²) in [5.74, 6) is -0.121. The first kappa shape index (κ1) is 12.4. The molecule has 2 aliphatic heterocycles. The second-order valence-corrected chi connectivity index (χ2v) is 6.26. The van der Waals surface area contributed by atoms with Crippen molar-refractivity contribution < 1.29 is 4.79 Å². The molecule has 3 rings (SSSR count). The lowest BCUT2D eigenvalue weighted by molar-refractivity contribution is -0.126. The van der Waals surface area contributed by atoms with Gasteiger partial charge in [0.1, 0.15) is 5.54 Å². The van der Waals surface area contributed by atoms with Gasteiger partial charge < -0.3 is 5.73 Å². The summed E-state index contributed by atoms with van der Waals surface area (Å²) in [5, 5.41) is 3.67. The van der Waals surface area contributed by atoms with Crippen LogP contribution in [0.2, 0.25) is 0 Å². The maximum atomic E-state index is 12.1. The Labute approximate surface area is 109 Å². The summed E-state index contributed by atoms with van der Waals surface area (Å²) in [4.78, 5) is 14.6. The number of hydrogen-bond acceptors (Lipinski definition) is 3. The molecule has 4 heteroatoms. The number of fused-ring (bicyclic) bond motifs is 1. The first-order valence-electron chi connectivity index (χ1n) is 7.54. The van der Waals surface area contributed by atoms with Gasteiger partial charge in [0.05, 0.1) is 0 Å². The third kappa shape index (κ3) is 1.95. The zero-order chi connectivity index (χ0) is 12.6. The van der Waals surface area contributed by atoms with Gasteiger partial charge in [-0.05, 0) is 38.6 Å². The van der Waals surface area contributed by atoms with E-state index in [0.717, 1.165) is 25.9 Å². The van der Waals surface area contributed by atoms with Crippen LogP contribution in [0, 0.1) is 0 Å². The highest BCUT2D eigenvalue weighted by molar-refractivity contribution is 5.86. The number of piperidine rings is 1. The Balaban J connectivity index is 1.79. The van der Waals surface area contributed by atoms with Gasteiger partial charge in [-0.15, -0.1) is 0 Å². The van der Waals surface area contributed by atoms with E-state index in [-0.39, 0.29) is 5.91 Å². The van der Waals surface area contributed by atoms with Gasteiger partial charge in [0, 0.05) is 18.6 Å². The summed E-state index contributed by atoms with van der Waals surface area (Å²) in [7, 11) is 0. The van der Waals surface area contributed by atoms with E-state index in [0.29, 0.717) is 12.1 Å². The number of carbonyl (C=O) groups is 1. The number of nitrogens with two attached hydrogens (primary N) is 1. The minimum Gasteiger partial charge on any atom is -0.368 e. The first-order valence-corrected chi connectivity index (χ1v) is 7.54. The predicted octanol–water partition coefficient (Wildman–Crippen LogP) is 1.00. The Hall–Kier alpha value is -0.610. The fourth-order valence-corrected chi connectivity index (χ4v) is 4.26. The van der Waals surface area contributed by atoms with Crippen molar-refractivity contribution in [3.8, 4) is 0 Å². The minimum absolute atomic E-state index is 0.121. The van der Waals surface area contributed by atoms with E-state index in [4.69, 9.17) is 5.73 Å². The van der Waals surface area contributed by atoms with Crippen LogP contribution in [-0.4, -0.2) is 41.5 Å². The maximum absolute atomic E-state index is 12.1. The summed E-state index contributed by atoms with van der Waals surface area (Å²) in [6, 6.07) is 0.865. The number of nitrogens with zero attached hydrogens (tertiary/aromatic N) is 1. The molecule has 3 fully saturated rings. The van der Waals surface area contributed by atoms with Crippen molar-refractivity contribution in [1.82, 2.24) is 10.2 Å². The van der Waals surface area contributed by atoms with Gasteiger partial charge in [0.25, 0.3) is 0 Å². The number of nitrogens with one attached hydrogen (secondary N) is 1. The third-order valence-corrected chi connectivity index (χ3v) is 5.23. The fraction of sp³-hybridized carbons (Fsp3) is 0.929. The van der Waals surface area contributed by atoms with Crippen molar-refractivity contribution in [2.75, 3.05) is 13.1 Å². The van der Waals surface area contributed by atoms with Crippen LogP contribution in [0.1, 0.15) is 51.4 Å². The molecule has 4 nitrogen and oxygen atoms in total. The lowest BCUT2D eigenvalue weighted by atomic mass is 9.84. The average Bonchev–Trinajstić information content (AvgIpc) is 2.99. The standard InChI is InChI=1S/C14H25N3O/c15-13(18)14(16-11-5-1-2-6-11)8-10-17-9-4-3-7-12(14)17/h11-12,16H,1-10H2,(H2,15,18). The zero-order valence-electron chi connectivity index (χ0n) is 11.2. The highest BCUT2D eigenvalue weighted by Gasteiger charge is 2.52.